The van der Waals surface area contributed by atoms with Crippen LogP contribution < -0.4 is 0 Å². The van der Waals surface area contributed by atoms with E-state index in [0.29, 0.717) is 0 Å². The molecule has 1 aromatic rings. The van der Waals surface area contributed by atoms with E-state index < -0.39 is 0 Å². The highest BCUT2D eigenvalue weighted by Gasteiger charge is 2.35. The maximum atomic E-state index is 13.0. The molecular weight excluding hydrogens is 139 g/mol. The third kappa shape index (κ3) is 0.802. The normalized spacial score (nSPS) is 18.8. The van der Waals surface area contributed by atoms with E-state index in [1.165, 1.54) is 11.6 Å². The standard InChI is InChI=1S/C10H11F/c1-10(2)6-7-8(10)4-3-5-9(7)11/h3-5H,6H2,1-2H3. The van der Waals surface area contributed by atoms with E-state index in [0.717, 1.165) is 12.0 Å². The Kier molecular flexibility index (Phi) is 1.15. The zero-order valence-corrected chi connectivity index (χ0v) is 6.82. The van der Waals surface area contributed by atoms with E-state index in [4.69, 9.17) is 0 Å². The van der Waals surface area contributed by atoms with Crippen LogP contribution in [0, 0.1) is 5.82 Å². The van der Waals surface area contributed by atoms with Crippen molar-refractivity contribution in [2.45, 2.75) is 25.7 Å². The molecule has 1 aromatic carbocycles. The lowest BCUT2D eigenvalue weighted by molar-refractivity contribution is 0.429. The molecule has 1 aliphatic rings. The van der Waals surface area contributed by atoms with Gasteiger partial charge in [0.05, 0.1) is 0 Å². The second kappa shape index (κ2) is 1.84. The van der Waals surface area contributed by atoms with Crippen molar-refractivity contribution in [3.63, 3.8) is 0 Å². The number of halogens is 1. The minimum Gasteiger partial charge on any atom is -0.207 e. The van der Waals surface area contributed by atoms with Crippen molar-refractivity contribution in [1.82, 2.24) is 0 Å². The number of benzene rings is 1. The number of rotatable bonds is 0. The van der Waals surface area contributed by atoms with Gasteiger partial charge in [0.1, 0.15) is 5.82 Å². The predicted molar refractivity (Wildman–Crippen MR) is 43.1 cm³/mol. The maximum Gasteiger partial charge on any atom is 0.126 e. The van der Waals surface area contributed by atoms with Crippen LogP contribution in [0.3, 0.4) is 0 Å². The monoisotopic (exact) mass is 150 g/mol. The quantitative estimate of drug-likeness (QED) is 0.533. The van der Waals surface area contributed by atoms with Crippen LogP contribution in [-0.4, -0.2) is 0 Å². The second-order valence-corrected chi connectivity index (χ2v) is 3.83. The fourth-order valence-electron chi connectivity index (χ4n) is 1.80. The van der Waals surface area contributed by atoms with Gasteiger partial charge in [-0.2, -0.15) is 0 Å². The smallest absolute Gasteiger partial charge is 0.126 e. The minimum absolute atomic E-state index is 0.0400. The third-order valence-electron chi connectivity index (χ3n) is 2.47. The van der Waals surface area contributed by atoms with E-state index >= 15 is 0 Å². The molecule has 0 unspecified atom stereocenters. The van der Waals surface area contributed by atoms with Gasteiger partial charge in [0, 0.05) is 0 Å². The third-order valence-corrected chi connectivity index (χ3v) is 2.47. The van der Waals surface area contributed by atoms with Crippen molar-refractivity contribution < 1.29 is 4.39 Å². The van der Waals surface area contributed by atoms with Gasteiger partial charge in [-0.1, -0.05) is 26.0 Å². The zero-order chi connectivity index (χ0) is 8.06. The van der Waals surface area contributed by atoms with Crippen LogP contribution in [0.1, 0.15) is 25.0 Å². The summed E-state index contributed by atoms with van der Waals surface area (Å²) >= 11 is 0. The molecule has 0 spiro atoms. The molecule has 11 heavy (non-hydrogen) atoms. The van der Waals surface area contributed by atoms with Gasteiger partial charge in [-0.05, 0) is 29.0 Å². The Hall–Kier alpha value is -0.850. The fourth-order valence-corrected chi connectivity index (χ4v) is 1.80. The first-order valence-corrected chi connectivity index (χ1v) is 3.89. The predicted octanol–water partition coefficient (Wildman–Crippen LogP) is 2.66. The number of hydrogen-bond donors (Lipinski definition) is 0. The molecule has 2 rings (SSSR count). The fraction of sp³-hybridized carbons (Fsp3) is 0.400. The van der Waals surface area contributed by atoms with Gasteiger partial charge in [-0.25, -0.2) is 4.39 Å². The summed E-state index contributed by atoms with van der Waals surface area (Å²) in [6.07, 6.45) is 0.884. The Balaban J connectivity index is 2.57. The Bertz CT molecular complexity index is 300. The second-order valence-electron chi connectivity index (χ2n) is 3.83. The lowest BCUT2D eigenvalue weighted by atomic mass is 9.66. The highest BCUT2D eigenvalue weighted by molar-refractivity contribution is 5.44. The van der Waals surface area contributed by atoms with Gasteiger partial charge in [-0.15, -0.1) is 0 Å². The molecule has 0 aliphatic heterocycles. The first-order chi connectivity index (χ1) is 5.11. The molecule has 0 aromatic heterocycles. The Morgan fingerprint density at radius 1 is 1.36 bits per heavy atom. The molecule has 1 heteroatoms. The van der Waals surface area contributed by atoms with Crippen molar-refractivity contribution in [2.24, 2.45) is 0 Å². The molecule has 0 saturated carbocycles. The summed E-state index contributed by atoms with van der Waals surface area (Å²) < 4.78 is 13.0. The van der Waals surface area contributed by atoms with Crippen LogP contribution in [0.2, 0.25) is 0 Å². The Morgan fingerprint density at radius 2 is 2.09 bits per heavy atom. The van der Waals surface area contributed by atoms with Gasteiger partial charge < -0.3 is 0 Å². The van der Waals surface area contributed by atoms with E-state index in [1.54, 1.807) is 6.07 Å². The molecule has 0 nitrogen and oxygen atoms in total. The van der Waals surface area contributed by atoms with Gasteiger partial charge in [0.15, 0.2) is 0 Å². The minimum atomic E-state index is -0.0400. The average Bonchev–Trinajstić information content (AvgIpc) is 1.92. The van der Waals surface area contributed by atoms with E-state index in [-0.39, 0.29) is 11.2 Å². The van der Waals surface area contributed by atoms with Gasteiger partial charge in [0.25, 0.3) is 0 Å². The molecule has 1 aliphatic carbocycles. The first-order valence-electron chi connectivity index (χ1n) is 3.89. The zero-order valence-electron chi connectivity index (χ0n) is 6.82. The largest absolute Gasteiger partial charge is 0.207 e. The van der Waals surface area contributed by atoms with Crippen molar-refractivity contribution in [2.75, 3.05) is 0 Å². The molecule has 0 amide bonds. The maximum absolute atomic E-state index is 13.0. The molecule has 0 heterocycles. The van der Waals surface area contributed by atoms with Gasteiger partial charge in [-0.3, -0.25) is 0 Å². The highest BCUT2D eigenvalue weighted by Crippen LogP contribution is 2.41. The molecule has 0 saturated heterocycles. The van der Waals surface area contributed by atoms with Crippen LogP contribution in [-0.2, 0) is 11.8 Å². The topological polar surface area (TPSA) is 0 Å². The summed E-state index contributed by atoms with van der Waals surface area (Å²) in [4.78, 5) is 0. The summed E-state index contributed by atoms with van der Waals surface area (Å²) in [6.45, 7) is 4.30. The van der Waals surface area contributed by atoms with Crippen LogP contribution in [0.5, 0.6) is 0 Å². The molecule has 0 atom stereocenters. The van der Waals surface area contributed by atoms with Gasteiger partial charge >= 0.3 is 0 Å². The highest BCUT2D eigenvalue weighted by atomic mass is 19.1. The Morgan fingerprint density at radius 3 is 2.64 bits per heavy atom. The number of hydrogen-bond acceptors (Lipinski definition) is 0. The SMILES string of the molecule is CC1(C)Cc2c(F)cccc21. The van der Waals surface area contributed by atoms with Crippen LogP contribution in [0.4, 0.5) is 4.39 Å². The number of fused-ring (bicyclic) bond motifs is 1. The Labute approximate surface area is 66.1 Å². The van der Waals surface area contributed by atoms with Crippen LogP contribution in [0.15, 0.2) is 18.2 Å². The molecule has 0 N–H and O–H groups in total. The summed E-state index contributed by atoms with van der Waals surface area (Å²) in [5.74, 6) is -0.0400. The average molecular weight is 150 g/mol. The van der Waals surface area contributed by atoms with Crippen molar-refractivity contribution in [3.05, 3.63) is 35.1 Å². The van der Waals surface area contributed by atoms with Crippen LogP contribution >= 0.6 is 0 Å². The molecule has 0 radical (unpaired) electrons. The molecule has 58 valence electrons. The molecular formula is C10H11F. The molecule has 0 fully saturated rings. The van der Waals surface area contributed by atoms with Crippen molar-refractivity contribution in [1.29, 1.82) is 0 Å². The van der Waals surface area contributed by atoms with Crippen LogP contribution in [0.25, 0.3) is 0 Å². The van der Waals surface area contributed by atoms with E-state index in [1.807, 2.05) is 6.07 Å². The summed E-state index contributed by atoms with van der Waals surface area (Å²) in [5.41, 5.74) is 2.30. The van der Waals surface area contributed by atoms with Crippen molar-refractivity contribution >= 4 is 0 Å². The molecule has 0 bridgehead atoms. The van der Waals surface area contributed by atoms with Gasteiger partial charge in [0.2, 0.25) is 0 Å². The van der Waals surface area contributed by atoms with E-state index in [9.17, 15) is 4.39 Å². The van der Waals surface area contributed by atoms with Crippen molar-refractivity contribution in [3.8, 4) is 0 Å². The van der Waals surface area contributed by atoms with E-state index in [2.05, 4.69) is 13.8 Å². The lowest BCUT2D eigenvalue weighted by Crippen LogP contribution is -2.33. The summed E-state index contributed by atoms with van der Waals surface area (Å²) in [5, 5.41) is 0. The lowest BCUT2D eigenvalue weighted by Gasteiger charge is -2.38. The first kappa shape index (κ1) is 6.84. The summed E-state index contributed by atoms with van der Waals surface area (Å²) in [6, 6.07) is 5.34. The summed E-state index contributed by atoms with van der Waals surface area (Å²) in [7, 11) is 0.